The molecule has 0 aliphatic carbocycles. The smallest absolute Gasteiger partial charge is 0.339 e. The fourth-order valence-corrected chi connectivity index (χ4v) is 6.48. The first-order valence-electron chi connectivity index (χ1n) is 12.4. The molecule has 38 heavy (non-hydrogen) atoms. The minimum Gasteiger partial charge on any atom is -0.368 e. The van der Waals surface area contributed by atoms with E-state index in [9.17, 15) is 22.4 Å². The molecule has 2 saturated heterocycles. The second-order valence-electron chi connectivity index (χ2n) is 9.57. The number of benzene rings is 3. The molecule has 3 aromatic carbocycles. The van der Waals surface area contributed by atoms with E-state index in [1.807, 2.05) is 6.92 Å². The number of hydrogen-bond acceptors (Lipinski definition) is 5. The van der Waals surface area contributed by atoms with Crippen LogP contribution in [0.5, 0.6) is 0 Å². The van der Waals surface area contributed by atoms with Gasteiger partial charge in [-0.05, 0) is 55.3 Å². The van der Waals surface area contributed by atoms with Crippen molar-refractivity contribution in [2.75, 3.05) is 42.5 Å². The quantitative estimate of drug-likeness (QED) is 0.496. The highest BCUT2D eigenvalue weighted by atomic mass is 32.2. The lowest BCUT2D eigenvalue weighted by molar-refractivity contribution is -0.132. The molecule has 0 N–H and O–H groups in total. The molecule has 2 fully saturated rings. The molecule has 5 rings (SSSR count). The molecular formula is C28H29FN4O4S. The van der Waals surface area contributed by atoms with Crippen LogP contribution in [0.2, 0.25) is 0 Å². The van der Waals surface area contributed by atoms with Crippen LogP contribution >= 0.6 is 0 Å². The van der Waals surface area contributed by atoms with Gasteiger partial charge in [0.2, 0.25) is 5.91 Å². The number of amides is 3. The molecule has 1 unspecified atom stereocenters. The molecule has 3 amide bonds. The molecular weight excluding hydrogens is 507 g/mol. The summed E-state index contributed by atoms with van der Waals surface area (Å²) >= 11 is 0. The van der Waals surface area contributed by atoms with E-state index in [1.54, 1.807) is 35.2 Å². The zero-order valence-electron chi connectivity index (χ0n) is 21.2. The highest BCUT2D eigenvalue weighted by Gasteiger charge is 2.49. The molecule has 8 nitrogen and oxygen atoms in total. The maximum atomic E-state index is 14.5. The van der Waals surface area contributed by atoms with Crippen LogP contribution in [-0.4, -0.2) is 68.3 Å². The highest BCUT2D eigenvalue weighted by Crippen LogP contribution is 2.31. The maximum absolute atomic E-state index is 14.5. The van der Waals surface area contributed by atoms with E-state index >= 15 is 0 Å². The zero-order chi connectivity index (χ0) is 27.0. The Morgan fingerprint density at radius 2 is 1.55 bits per heavy atom. The van der Waals surface area contributed by atoms with Gasteiger partial charge in [-0.25, -0.2) is 21.9 Å². The van der Waals surface area contributed by atoms with Gasteiger partial charge in [0.25, 0.3) is 10.0 Å². The number of halogens is 1. The monoisotopic (exact) mass is 536 g/mol. The minimum absolute atomic E-state index is 0.339. The van der Waals surface area contributed by atoms with Gasteiger partial charge in [-0.15, -0.1) is 0 Å². The van der Waals surface area contributed by atoms with Gasteiger partial charge >= 0.3 is 6.03 Å². The molecule has 2 aliphatic heterocycles. The molecule has 10 heteroatoms. The molecule has 1 atom stereocenters. The summed E-state index contributed by atoms with van der Waals surface area (Å²) in [6, 6.07) is 17.7. The van der Waals surface area contributed by atoms with Crippen molar-refractivity contribution in [1.29, 1.82) is 0 Å². The Hall–Kier alpha value is -3.92. The molecule has 2 heterocycles. The van der Waals surface area contributed by atoms with E-state index < -0.39 is 39.4 Å². The molecule has 0 aromatic heterocycles. The predicted octanol–water partition coefficient (Wildman–Crippen LogP) is 3.79. The van der Waals surface area contributed by atoms with Crippen molar-refractivity contribution in [2.45, 2.75) is 24.8 Å². The van der Waals surface area contributed by atoms with Crippen LogP contribution < -0.4 is 9.80 Å². The van der Waals surface area contributed by atoms with Crippen molar-refractivity contribution in [2.24, 2.45) is 0 Å². The lowest BCUT2D eigenvalue weighted by Crippen LogP contribution is -2.55. The normalized spacial score (nSPS) is 18.3. The molecule has 0 radical (unpaired) electrons. The van der Waals surface area contributed by atoms with Crippen molar-refractivity contribution >= 4 is 33.3 Å². The first-order chi connectivity index (χ1) is 18.2. The second kappa shape index (κ2) is 10.1. The van der Waals surface area contributed by atoms with Gasteiger partial charge in [-0.1, -0.05) is 42.5 Å². The number of nitrogens with zero attached hydrogens (tertiary/aromatic N) is 4. The topological polar surface area (TPSA) is 81.2 Å². The predicted molar refractivity (Wildman–Crippen MR) is 143 cm³/mol. The number of para-hydroxylation sites is 1. The fraction of sp³-hybridized carbons (Fsp3) is 0.286. The Labute approximate surface area is 221 Å². The first kappa shape index (κ1) is 25.7. The summed E-state index contributed by atoms with van der Waals surface area (Å²) in [5.41, 5.74) is 3.83. The van der Waals surface area contributed by atoms with Crippen LogP contribution in [0, 0.1) is 19.7 Å². The lowest BCUT2D eigenvalue weighted by Gasteiger charge is -2.38. The van der Waals surface area contributed by atoms with E-state index in [0.717, 1.165) is 28.9 Å². The molecule has 3 aromatic rings. The van der Waals surface area contributed by atoms with Gasteiger partial charge < -0.3 is 9.80 Å². The fourth-order valence-electron chi connectivity index (χ4n) is 5.05. The summed E-state index contributed by atoms with van der Waals surface area (Å²) in [5.74, 6) is -1.29. The summed E-state index contributed by atoms with van der Waals surface area (Å²) in [4.78, 5) is 31.8. The Kier molecular flexibility index (Phi) is 6.83. The van der Waals surface area contributed by atoms with Crippen molar-refractivity contribution < 1.29 is 22.4 Å². The minimum atomic E-state index is -4.52. The van der Waals surface area contributed by atoms with Crippen molar-refractivity contribution in [3.05, 3.63) is 89.7 Å². The van der Waals surface area contributed by atoms with Crippen LogP contribution in [-0.2, 0) is 14.8 Å². The highest BCUT2D eigenvalue weighted by molar-refractivity contribution is 7.89. The van der Waals surface area contributed by atoms with Gasteiger partial charge in [-0.2, -0.15) is 0 Å². The molecule has 198 valence electrons. The molecule has 0 saturated carbocycles. The Balaban J connectivity index is 1.41. The van der Waals surface area contributed by atoms with Crippen LogP contribution in [0.15, 0.2) is 77.7 Å². The summed E-state index contributed by atoms with van der Waals surface area (Å²) in [6.07, 6.45) is 0. The van der Waals surface area contributed by atoms with Crippen LogP contribution in [0.1, 0.15) is 11.1 Å². The summed E-state index contributed by atoms with van der Waals surface area (Å²) in [6.45, 7) is 5.77. The Bertz CT molecular complexity index is 1470. The summed E-state index contributed by atoms with van der Waals surface area (Å²) in [7, 11) is -4.52. The summed E-state index contributed by atoms with van der Waals surface area (Å²) in [5, 5.41) is 0. The lowest BCUT2D eigenvalue weighted by atomic mass is 10.1. The van der Waals surface area contributed by atoms with Crippen LogP contribution in [0.4, 0.5) is 20.6 Å². The average Bonchev–Trinajstić information content (AvgIpc) is 3.28. The molecule has 2 aliphatic rings. The van der Waals surface area contributed by atoms with E-state index in [1.165, 1.54) is 17.0 Å². The van der Waals surface area contributed by atoms with E-state index in [4.69, 9.17) is 0 Å². The standard InChI is InChI=1S/C28H29FN4O4S/c1-20-12-13-21(2)24(18-20)30-14-16-31(17-15-30)27(34)25-19-32(28(35)33(25)22-8-4-3-5-9-22)38(36,37)26-11-7-6-10-23(26)29/h3-13,18,25H,14-17,19H2,1-2H3. The third-order valence-corrected chi connectivity index (χ3v) is 8.86. The third kappa shape index (κ3) is 4.60. The zero-order valence-corrected chi connectivity index (χ0v) is 22.1. The van der Waals surface area contributed by atoms with Crippen molar-refractivity contribution in [3.8, 4) is 0 Å². The number of piperazine rings is 1. The number of hydrogen-bond donors (Lipinski definition) is 0. The van der Waals surface area contributed by atoms with Gasteiger partial charge in [0.1, 0.15) is 16.8 Å². The SMILES string of the molecule is Cc1ccc(C)c(N2CCN(C(=O)C3CN(S(=O)(=O)c4ccccc4F)C(=O)N3c3ccccc3)CC2)c1. The molecule has 0 bridgehead atoms. The van der Waals surface area contributed by atoms with Crippen molar-refractivity contribution in [3.63, 3.8) is 0 Å². The number of urea groups is 1. The maximum Gasteiger partial charge on any atom is 0.339 e. The second-order valence-corrected chi connectivity index (χ2v) is 11.4. The van der Waals surface area contributed by atoms with Crippen LogP contribution in [0.3, 0.4) is 0 Å². The van der Waals surface area contributed by atoms with Gasteiger partial charge in [-0.3, -0.25) is 9.69 Å². The number of aryl methyl sites for hydroxylation is 2. The van der Waals surface area contributed by atoms with Gasteiger partial charge in [0, 0.05) is 37.6 Å². The van der Waals surface area contributed by atoms with E-state index in [-0.39, 0.29) is 5.91 Å². The summed E-state index contributed by atoms with van der Waals surface area (Å²) < 4.78 is 41.8. The number of carbonyl (C=O) groups is 2. The first-order valence-corrected chi connectivity index (χ1v) is 13.9. The Morgan fingerprint density at radius 3 is 2.24 bits per heavy atom. The van der Waals surface area contributed by atoms with Gasteiger partial charge in [0.15, 0.2) is 0 Å². The number of carbonyl (C=O) groups excluding carboxylic acids is 2. The van der Waals surface area contributed by atoms with E-state index in [2.05, 4.69) is 30.0 Å². The third-order valence-electron chi connectivity index (χ3n) is 7.09. The molecule has 0 spiro atoms. The van der Waals surface area contributed by atoms with Crippen LogP contribution in [0.25, 0.3) is 0 Å². The Morgan fingerprint density at radius 1 is 0.895 bits per heavy atom. The number of sulfonamides is 1. The largest absolute Gasteiger partial charge is 0.368 e. The van der Waals surface area contributed by atoms with E-state index in [0.29, 0.717) is 36.2 Å². The van der Waals surface area contributed by atoms with Gasteiger partial charge in [0.05, 0.1) is 6.54 Å². The number of anilines is 2. The van der Waals surface area contributed by atoms with Crippen molar-refractivity contribution in [1.82, 2.24) is 9.21 Å². The average molecular weight is 537 g/mol. The number of rotatable bonds is 5.